The highest BCUT2D eigenvalue weighted by molar-refractivity contribution is 5.80. The lowest BCUT2D eigenvalue weighted by Gasteiger charge is -2.49. The van der Waals surface area contributed by atoms with Crippen LogP contribution in [0.4, 0.5) is 0 Å². The molecule has 4 rings (SSSR count). The van der Waals surface area contributed by atoms with Gasteiger partial charge in [0, 0.05) is 12.6 Å². The van der Waals surface area contributed by atoms with E-state index in [2.05, 4.69) is 5.32 Å². The van der Waals surface area contributed by atoms with Crippen molar-refractivity contribution in [2.75, 3.05) is 19.7 Å². The van der Waals surface area contributed by atoms with Gasteiger partial charge in [-0.1, -0.05) is 0 Å². The third-order valence-corrected chi connectivity index (χ3v) is 9.58. The van der Waals surface area contributed by atoms with Crippen LogP contribution in [0.2, 0.25) is 0 Å². The minimum atomic E-state index is -1.81. The van der Waals surface area contributed by atoms with Crippen LogP contribution in [0.25, 0.3) is 0 Å². The van der Waals surface area contributed by atoms with E-state index in [-0.39, 0.29) is 25.6 Å². The first-order chi connectivity index (χ1) is 23.1. The molecule has 1 saturated carbocycles. The van der Waals surface area contributed by atoms with Crippen molar-refractivity contribution in [3.05, 3.63) is 0 Å². The van der Waals surface area contributed by atoms with Crippen LogP contribution in [0.1, 0.15) is 26.2 Å². The molecule has 20 N–H and O–H groups in total. The zero-order valence-corrected chi connectivity index (χ0v) is 27.2. The quantitative estimate of drug-likeness (QED) is 0.0842. The number of aliphatic hydroxyl groups excluding tert-OH is 7. The molecule has 0 aromatic rings. The minimum absolute atomic E-state index is 0.0228. The first-order valence-corrected chi connectivity index (χ1v) is 16.5. The number of aliphatic hydroxyl groups is 7. The van der Waals surface area contributed by atoms with Gasteiger partial charge in [0.05, 0.1) is 43.0 Å². The molecule has 21 nitrogen and oxygen atoms in total. The summed E-state index contributed by atoms with van der Waals surface area (Å²) in [6.07, 6.45) is -20.1. The zero-order valence-electron chi connectivity index (χ0n) is 27.2. The highest BCUT2D eigenvalue weighted by Crippen LogP contribution is 2.35. The van der Waals surface area contributed by atoms with E-state index in [4.69, 9.17) is 62.8 Å². The lowest BCUT2D eigenvalue weighted by Crippen LogP contribution is -2.73. The minimum Gasteiger partial charge on any atom is -0.394 e. The molecule has 1 amide bonds. The van der Waals surface area contributed by atoms with Gasteiger partial charge in [0.15, 0.2) is 18.9 Å². The van der Waals surface area contributed by atoms with Crippen LogP contribution in [-0.4, -0.2) is 184 Å². The standard InChI is InChI=1S/C28H55N7O14/c1-8(31)11-3-2-9(32)26(44-11)48-23-14(33)18(39)16(35-25(43)10(37)4-5-29)20(41)24(23)49-28-21(42)22(13(7-36)46-28)47-27-15(34)19(40)17(38)12(6-30)45-27/h8-24,26-28,36-42H,2-7,29-34H2,1H3,(H,35,43)/t8?,9-,10?,11+,12+,13-,14+,15-,16-,17-,18+,19-,20+,21-,22-,23-,24-,26-,27-,28+/m1/s1. The Kier molecular flexibility index (Phi) is 14.4. The molecular formula is C28H55N7O14. The largest absolute Gasteiger partial charge is 0.394 e. The summed E-state index contributed by atoms with van der Waals surface area (Å²) in [5.74, 6) is -0.950. The molecule has 1 aliphatic carbocycles. The van der Waals surface area contributed by atoms with Gasteiger partial charge in [0.1, 0.15) is 61.0 Å². The van der Waals surface area contributed by atoms with E-state index >= 15 is 0 Å². The molecule has 3 saturated heterocycles. The maximum absolute atomic E-state index is 12.7. The van der Waals surface area contributed by atoms with Gasteiger partial charge >= 0.3 is 0 Å². The number of carbonyl (C=O) groups is 1. The molecule has 0 radical (unpaired) electrons. The van der Waals surface area contributed by atoms with Gasteiger partial charge in [-0.25, -0.2) is 0 Å². The molecule has 286 valence electrons. The molecule has 0 spiro atoms. The van der Waals surface area contributed by atoms with Crippen LogP contribution >= 0.6 is 0 Å². The highest BCUT2D eigenvalue weighted by atomic mass is 16.8. The van der Waals surface area contributed by atoms with Crippen LogP contribution in [0.3, 0.4) is 0 Å². The Morgan fingerprint density at radius 1 is 0.796 bits per heavy atom. The highest BCUT2D eigenvalue weighted by Gasteiger charge is 2.56. The first kappa shape index (κ1) is 40.5. The van der Waals surface area contributed by atoms with Gasteiger partial charge in [-0.05, 0) is 32.7 Å². The van der Waals surface area contributed by atoms with Crippen molar-refractivity contribution in [1.82, 2.24) is 5.32 Å². The number of carbonyl (C=O) groups excluding carboxylic acids is 1. The van der Waals surface area contributed by atoms with Crippen molar-refractivity contribution in [2.24, 2.45) is 34.4 Å². The van der Waals surface area contributed by atoms with Gasteiger partial charge in [-0.3, -0.25) is 4.79 Å². The zero-order chi connectivity index (χ0) is 36.3. The van der Waals surface area contributed by atoms with Crippen LogP contribution in [0.15, 0.2) is 0 Å². The molecule has 3 aliphatic heterocycles. The smallest absolute Gasteiger partial charge is 0.249 e. The second-order valence-electron chi connectivity index (χ2n) is 13.2. The van der Waals surface area contributed by atoms with E-state index < -0.39 is 129 Å². The van der Waals surface area contributed by atoms with Crippen molar-refractivity contribution >= 4 is 5.91 Å². The molecule has 0 bridgehead atoms. The van der Waals surface area contributed by atoms with E-state index in [1.54, 1.807) is 6.92 Å². The molecule has 20 atom stereocenters. The molecular weight excluding hydrogens is 658 g/mol. The second kappa shape index (κ2) is 17.5. The molecule has 3 heterocycles. The summed E-state index contributed by atoms with van der Waals surface area (Å²) in [5, 5.41) is 77.3. The number of nitrogens with one attached hydrogen (secondary N) is 1. The number of hydrogen-bond acceptors (Lipinski definition) is 20. The predicted octanol–water partition coefficient (Wildman–Crippen LogP) is -8.61. The summed E-state index contributed by atoms with van der Waals surface area (Å²) in [6, 6.07) is -5.25. The van der Waals surface area contributed by atoms with Crippen molar-refractivity contribution in [3.63, 3.8) is 0 Å². The van der Waals surface area contributed by atoms with Crippen molar-refractivity contribution < 1.29 is 69.0 Å². The Labute approximate surface area is 283 Å². The van der Waals surface area contributed by atoms with E-state index in [0.29, 0.717) is 12.8 Å². The van der Waals surface area contributed by atoms with Crippen molar-refractivity contribution in [3.8, 4) is 0 Å². The maximum Gasteiger partial charge on any atom is 0.249 e. The van der Waals surface area contributed by atoms with Crippen LogP contribution < -0.4 is 39.7 Å². The van der Waals surface area contributed by atoms with Crippen LogP contribution in [0, 0.1) is 0 Å². The van der Waals surface area contributed by atoms with E-state index in [0.717, 1.165) is 0 Å². The summed E-state index contributed by atoms with van der Waals surface area (Å²) in [5.41, 5.74) is 35.9. The Hall–Kier alpha value is -1.29. The third kappa shape index (κ3) is 8.85. The van der Waals surface area contributed by atoms with Gasteiger partial charge < -0.3 is 104 Å². The maximum atomic E-state index is 12.7. The summed E-state index contributed by atoms with van der Waals surface area (Å²) < 4.78 is 35.4. The van der Waals surface area contributed by atoms with Gasteiger partial charge in [-0.2, -0.15) is 0 Å². The summed E-state index contributed by atoms with van der Waals surface area (Å²) >= 11 is 0. The SMILES string of the molecule is CC(N)[C@@H]1CC[C@@H](N)[C@@H](O[C@@H]2[C@@H](N)[C@H](O)[C@@H](NC(=O)C(O)CCN)[C@H](O)[C@H]2O[C@@H]2O[C@H](CO)[C@@H](O[C@H]3O[C@@H](CN)[C@@H](O)[C@H](O)[C@H]3N)[C@H]2O)O1. The Balaban J connectivity index is 1.58. The molecule has 0 aromatic heterocycles. The van der Waals surface area contributed by atoms with Crippen LogP contribution in [0.5, 0.6) is 0 Å². The molecule has 49 heavy (non-hydrogen) atoms. The predicted molar refractivity (Wildman–Crippen MR) is 165 cm³/mol. The Morgan fingerprint density at radius 2 is 1.43 bits per heavy atom. The Bertz CT molecular complexity index is 1060. The fraction of sp³-hybridized carbons (Fsp3) is 0.964. The van der Waals surface area contributed by atoms with E-state index in [1.807, 2.05) is 0 Å². The molecule has 21 heteroatoms. The summed E-state index contributed by atoms with van der Waals surface area (Å²) in [6.45, 7) is 0.819. The fourth-order valence-electron chi connectivity index (χ4n) is 6.52. The van der Waals surface area contributed by atoms with Crippen LogP contribution in [-0.2, 0) is 33.2 Å². The molecule has 2 unspecified atom stereocenters. The topological polar surface area (TPSA) is 382 Å². The number of nitrogens with two attached hydrogens (primary N) is 6. The van der Waals surface area contributed by atoms with Crippen molar-refractivity contribution in [2.45, 2.75) is 149 Å². The average molecular weight is 714 g/mol. The second-order valence-corrected chi connectivity index (χ2v) is 13.2. The molecule has 4 aliphatic rings. The normalized spacial score (nSPS) is 47.5. The van der Waals surface area contributed by atoms with Crippen molar-refractivity contribution in [1.29, 1.82) is 0 Å². The monoisotopic (exact) mass is 713 g/mol. The van der Waals surface area contributed by atoms with Gasteiger partial charge in [0.2, 0.25) is 5.91 Å². The Morgan fingerprint density at radius 3 is 2.04 bits per heavy atom. The van der Waals surface area contributed by atoms with E-state index in [1.165, 1.54) is 0 Å². The average Bonchev–Trinajstić information content (AvgIpc) is 3.37. The number of ether oxygens (including phenoxy) is 6. The number of rotatable bonds is 13. The third-order valence-electron chi connectivity index (χ3n) is 9.58. The number of hydrogen-bond donors (Lipinski definition) is 14. The lowest BCUT2D eigenvalue weighted by atomic mass is 9.81. The first-order valence-electron chi connectivity index (χ1n) is 16.5. The summed E-state index contributed by atoms with van der Waals surface area (Å²) in [4.78, 5) is 12.7. The van der Waals surface area contributed by atoms with E-state index in [9.17, 15) is 40.5 Å². The molecule has 0 aromatic carbocycles. The summed E-state index contributed by atoms with van der Waals surface area (Å²) in [7, 11) is 0. The molecule has 4 fully saturated rings. The fourth-order valence-corrected chi connectivity index (χ4v) is 6.52. The van der Waals surface area contributed by atoms with Gasteiger partial charge in [0.25, 0.3) is 0 Å². The van der Waals surface area contributed by atoms with Gasteiger partial charge in [-0.15, -0.1) is 0 Å². The number of amides is 1. The lowest BCUT2D eigenvalue weighted by molar-refractivity contribution is -0.297.